The van der Waals surface area contributed by atoms with Gasteiger partial charge in [0.25, 0.3) is 0 Å². The second kappa shape index (κ2) is 7.41. The molecule has 0 amide bonds. The number of unbranched alkanes of at least 4 members (excludes halogenated alkanes) is 3. The Kier molecular flexibility index (Phi) is 6.18. The van der Waals surface area contributed by atoms with Gasteiger partial charge in [0.05, 0.1) is 11.8 Å². The van der Waals surface area contributed by atoms with Gasteiger partial charge in [-0.3, -0.25) is 4.68 Å². The Morgan fingerprint density at radius 1 is 1.22 bits per heavy atom. The van der Waals surface area contributed by atoms with Crippen LogP contribution in [-0.2, 0) is 12.7 Å². The number of alkyl halides is 3. The first-order valence-electron chi connectivity index (χ1n) is 6.34. The van der Waals surface area contributed by atoms with Crippen molar-refractivity contribution in [3.05, 3.63) is 18.0 Å². The number of rotatable bonds is 8. The van der Waals surface area contributed by atoms with E-state index in [1.807, 2.05) is 0 Å². The van der Waals surface area contributed by atoms with Crippen molar-refractivity contribution < 1.29 is 13.2 Å². The molecule has 1 aromatic rings. The molecule has 0 spiro atoms. The fourth-order valence-corrected chi connectivity index (χ4v) is 1.69. The Hall–Kier alpha value is -1.04. The number of hydrogen-bond donors (Lipinski definition) is 1. The smallest absolute Gasteiger partial charge is 0.317 e. The van der Waals surface area contributed by atoms with Crippen LogP contribution in [-0.4, -0.2) is 22.9 Å². The van der Waals surface area contributed by atoms with Crippen LogP contribution in [0.5, 0.6) is 0 Å². The molecule has 0 atom stereocenters. The molecule has 1 heterocycles. The first kappa shape index (κ1) is 15.0. The average molecular weight is 263 g/mol. The number of hydrogen-bond acceptors (Lipinski definition) is 2. The molecule has 6 heteroatoms. The molecule has 3 nitrogen and oxygen atoms in total. The molecule has 0 radical (unpaired) electrons. The number of halogens is 3. The van der Waals surface area contributed by atoms with Gasteiger partial charge in [-0.05, 0) is 25.9 Å². The summed E-state index contributed by atoms with van der Waals surface area (Å²) < 4.78 is 38.3. The number of nitrogens with zero attached hydrogens (tertiary/aromatic N) is 2. The Labute approximate surface area is 105 Å². The predicted octanol–water partition coefficient (Wildman–Crippen LogP) is 3.07. The zero-order valence-corrected chi connectivity index (χ0v) is 10.6. The lowest BCUT2D eigenvalue weighted by Crippen LogP contribution is -2.13. The Balaban J connectivity index is 2.14. The molecule has 0 saturated heterocycles. The van der Waals surface area contributed by atoms with Gasteiger partial charge in [0, 0.05) is 12.7 Å². The summed E-state index contributed by atoms with van der Waals surface area (Å²) in [5.74, 6) is 0. The van der Waals surface area contributed by atoms with Crippen LogP contribution in [0.2, 0.25) is 0 Å². The van der Waals surface area contributed by atoms with Crippen molar-refractivity contribution in [1.82, 2.24) is 15.1 Å². The summed E-state index contributed by atoms with van der Waals surface area (Å²) in [6.07, 6.45) is 1.76. The normalized spacial score (nSPS) is 12.0. The van der Waals surface area contributed by atoms with Gasteiger partial charge in [-0.2, -0.15) is 18.3 Å². The zero-order valence-electron chi connectivity index (χ0n) is 10.6. The van der Waals surface area contributed by atoms with Gasteiger partial charge in [0.1, 0.15) is 0 Å². The van der Waals surface area contributed by atoms with Crippen molar-refractivity contribution in [2.75, 3.05) is 13.1 Å². The van der Waals surface area contributed by atoms with Crippen molar-refractivity contribution in [3.63, 3.8) is 0 Å². The molecule has 18 heavy (non-hydrogen) atoms. The second-order valence-corrected chi connectivity index (χ2v) is 4.26. The molecular formula is C12H20F3N3. The topological polar surface area (TPSA) is 29.9 Å². The van der Waals surface area contributed by atoms with Crippen LogP contribution in [0.4, 0.5) is 13.2 Å². The Morgan fingerprint density at radius 2 is 1.94 bits per heavy atom. The zero-order chi connectivity index (χ0) is 13.4. The molecular weight excluding hydrogens is 243 g/mol. The average Bonchev–Trinajstić information content (AvgIpc) is 2.76. The van der Waals surface area contributed by atoms with Crippen LogP contribution in [0.25, 0.3) is 0 Å². The van der Waals surface area contributed by atoms with E-state index in [1.165, 1.54) is 4.68 Å². The van der Waals surface area contributed by atoms with Gasteiger partial charge in [-0.25, -0.2) is 0 Å². The summed E-state index contributed by atoms with van der Waals surface area (Å²) in [7, 11) is 0. The highest BCUT2D eigenvalue weighted by molar-refractivity contribution is 5.08. The van der Waals surface area contributed by atoms with Gasteiger partial charge >= 0.3 is 6.18 Å². The largest absolute Gasteiger partial charge is 0.419 e. The van der Waals surface area contributed by atoms with Crippen LogP contribution >= 0.6 is 0 Å². The van der Waals surface area contributed by atoms with Crippen molar-refractivity contribution in [2.45, 2.75) is 45.3 Å². The van der Waals surface area contributed by atoms with Gasteiger partial charge in [0.2, 0.25) is 0 Å². The van der Waals surface area contributed by atoms with Crippen molar-refractivity contribution >= 4 is 0 Å². The number of nitrogens with one attached hydrogen (secondary N) is 1. The highest BCUT2D eigenvalue weighted by atomic mass is 19.4. The highest BCUT2D eigenvalue weighted by Gasteiger charge is 2.31. The van der Waals surface area contributed by atoms with Crippen LogP contribution < -0.4 is 5.32 Å². The van der Waals surface area contributed by atoms with E-state index < -0.39 is 11.7 Å². The maximum Gasteiger partial charge on any atom is 0.419 e. The van der Waals surface area contributed by atoms with E-state index in [2.05, 4.69) is 17.3 Å². The van der Waals surface area contributed by atoms with E-state index in [1.54, 1.807) is 0 Å². The summed E-state index contributed by atoms with van der Waals surface area (Å²) in [5.41, 5.74) is -0.672. The van der Waals surface area contributed by atoms with Gasteiger partial charge < -0.3 is 5.32 Å². The van der Waals surface area contributed by atoms with E-state index in [0.717, 1.165) is 51.2 Å². The van der Waals surface area contributed by atoms with Gasteiger partial charge in [-0.15, -0.1) is 0 Å². The molecule has 0 bridgehead atoms. The third-order valence-electron chi connectivity index (χ3n) is 2.70. The molecule has 104 valence electrons. The minimum Gasteiger partial charge on any atom is -0.317 e. The van der Waals surface area contributed by atoms with E-state index in [4.69, 9.17) is 0 Å². The summed E-state index contributed by atoms with van der Waals surface area (Å²) in [6, 6.07) is 0. The van der Waals surface area contributed by atoms with E-state index in [0.29, 0.717) is 6.54 Å². The number of aryl methyl sites for hydroxylation is 1. The van der Waals surface area contributed by atoms with E-state index in [9.17, 15) is 13.2 Å². The minimum absolute atomic E-state index is 0.553. The van der Waals surface area contributed by atoms with Crippen LogP contribution in [0.15, 0.2) is 12.4 Å². The third kappa shape index (κ3) is 5.53. The minimum atomic E-state index is -4.29. The highest BCUT2D eigenvalue weighted by Crippen LogP contribution is 2.28. The molecule has 0 saturated carbocycles. The third-order valence-corrected chi connectivity index (χ3v) is 2.70. The van der Waals surface area contributed by atoms with E-state index in [-0.39, 0.29) is 0 Å². The molecule has 0 aliphatic rings. The van der Waals surface area contributed by atoms with Crippen LogP contribution in [0.3, 0.4) is 0 Å². The lowest BCUT2D eigenvalue weighted by Gasteiger charge is -2.03. The maximum atomic E-state index is 12.3. The number of aromatic nitrogens is 2. The standard InChI is InChI=1S/C12H20F3N3/c1-2-16-7-5-3-4-6-8-18-10-11(9-17-18)12(13,14)15/h9-10,16H,2-8H2,1H3. The van der Waals surface area contributed by atoms with Gasteiger partial charge in [0.15, 0.2) is 0 Å². The fraction of sp³-hybridized carbons (Fsp3) is 0.750. The monoisotopic (exact) mass is 263 g/mol. The van der Waals surface area contributed by atoms with Crippen molar-refractivity contribution in [2.24, 2.45) is 0 Å². The molecule has 1 rings (SSSR count). The van der Waals surface area contributed by atoms with Gasteiger partial charge in [-0.1, -0.05) is 19.8 Å². The molecule has 1 aromatic heterocycles. The molecule has 0 aromatic carbocycles. The SMILES string of the molecule is CCNCCCCCCn1cc(C(F)(F)F)cn1. The fourth-order valence-electron chi connectivity index (χ4n) is 1.69. The predicted molar refractivity (Wildman–Crippen MR) is 64.2 cm³/mol. The Bertz CT molecular complexity index is 334. The lowest BCUT2D eigenvalue weighted by molar-refractivity contribution is -0.137. The first-order chi connectivity index (χ1) is 8.54. The first-order valence-corrected chi connectivity index (χ1v) is 6.34. The maximum absolute atomic E-state index is 12.3. The lowest BCUT2D eigenvalue weighted by atomic mass is 10.2. The summed E-state index contributed by atoms with van der Waals surface area (Å²) in [4.78, 5) is 0. The quantitative estimate of drug-likeness (QED) is 0.730. The summed E-state index contributed by atoms with van der Waals surface area (Å²) in [5, 5.41) is 6.95. The van der Waals surface area contributed by atoms with Crippen LogP contribution in [0.1, 0.15) is 38.2 Å². The molecule has 0 fully saturated rings. The summed E-state index contributed by atoms with van der Waals surface area (Å²) >= 11 is 0. The second-order valence-electron chi connectivity index (χ2n) is 4.26. The molecule has 0 aliphatic carbocycles. The molecule has 0 unspecified atom stereocenters. The van der Waals surface area contributed by atoms with Crippen molar-refractivity contribution in [1.29, 1.82) is 0 Å². The van der Waals surface area contributed by atoms with Crippen molar-refractivity contribution in [3.8, 4) is 0 Å². The summed E-state index contributed by atoms with van der Waals surface area (Å²) in [6.45, 7) is 4.61. The van der Waals surface area contributed by atoms with Crippen LogP contribution in [0, 0.1) is 0 Å². The Morgan fingerprint density at radius 3 is 2.56 bits per heavy atom. The molecule has 1 N–H and O–H groups in total. The van der Waals surface area contributed by atoms with E-state index >= 15 is 0 Å². The molecule has 0 aliphatic heterocycles.